The fraction of sp³-hybridized carbons (Fsp3) is 0.118. The number of benzene rings is 1. The Balaban J connectivity index is 1.74. The SMILES string of the molecule is CC(=O)Nc1ccc(OCc2cc(=O)n3cc(Cl)ccc3n2)cc1. The lowest BCUT2D eigenvalue weighted by molar-refractivity contribution is -0.114. The Bertz CT molecular complexity index is 951. The van der Waals surface area contributed by atoms with Crippen molar-refractivity contribution < 1.29 is 9.53 Å². The Labute approximate surface area is 142 Å². The van der Waals surface area contributed by atoms with E-state index in [2.05, 4.69) is 10.3 Å². The molecule has 0 fully saturated rings. The fourth-order valence-electron chi connectivity index (χ4n) is 2.20. The van der Waals surface area contributed by atoms with Gasteiger partial charge in [-0.25, -0.2) is 4.98 Å². The van der Waals surface area contributed by atoms with Crippen molar-refractivity contribution in [2.24, 2.45) is 0 Å². The first kappa shape index (κ1) is 16.0. The van der Waals surface area contributed by atoms with E-state index in [1.807, 2.05) is 0 Å². The van der Waals surface area contributed by atoms with Crippen LogP contribution < -0.4 is 15.6 Å². The Hall–Kier alpha value is -2.86. The Morgan fingerprint density at radius 3 is 2.71 bits per heavy atom. The summed E-state index contributed by atoms with van der Waals surface area (Å²) < 4.78 is 7.01. The van der Waals surface area contributed by atoms with E-state index in [0.717, 1.165) is 0 Å². The summed E-state index contributed by atoms with van der Waals surface area (Å²) in [5.41, 5.74) is 1.50. The summed E-state index contributed by atoms with van der Waals surface area (Å²) in [4.78, 5) is 27.4. The predicted octanol–water partition coefficient (Wildman–Crippen LogP) is 2.89. The average Bonchev–Trinajstić information content (AvgIpc) is 2.54. The third-order valence-corrected chi connectivity index (χ3v) is 3.46. The molecule has 122 valence electrons. The zero-order valence-electron chi connectivity index (χ0n) is 12.8. The molecule has 0 atom stereocenters. The molecule has 0 aliphatic carbocycles. The van der Waals surface area contributed by atoms with E-state index in [1.54, 1.807) is 36.4 Å². The van der Waals surface area contributed by atoms with Crippen LogP contribution in [0.1, 0.15) is 12.6 Å². The number of amides is 1. The van der Waals surface area contributed by atoms with Crippen molar-refractivity contribution in [1.29, 1.82) is 0 Å². The van der Waals surface area contributed by atoms with E-state index >= 15 is 0 Å². The standard InChI is InChI=1S/C17H14ClN3O3/c1-11(22)19-13-3-5-15(6-4-13)24-10-14-8-17(23)21-9-12(18)2-7-16(21)20-14/h2-9H,10H2,1H3,(H,19,22). The molecule has 1 amide bonds. The van der Waals surface area contributed by atoms with Crippen molar-refractivity contribution in [1.82, 2.24) is 9.38 Å². The summed E-state index contributed by atoms with van der Waals surface area (Å²) in [6.45, 7) is 1.61. The minimum absolute atomic E-state index is 0.135. The summed E-state index contributed by atoms with van der Waals surface area (Å²) in [5.74, 6) is 0.479. The van der Waals surface area contributed by atoms with Crippen molar-refractivity contribution in [2.75, 3.05) is 5.32 Å². The summed E-state index contributed by atoms with van der Waals surface area (Å²) in [6.07, 6.45) is 1.53. The van der Waals surface area contributed by atoms with Crippen molar-refractivity contribution in [2.45, 2.75) is 13.5 Å². The number of carbonyl (C=O) groups is 1. The summed E-state index contributed by atoms with van der Waals surface area (Å²) in [6, 6.07) is 11.7. The molecule has 1 N–H and O–H groups in total. The van der Waals surface area contributed by atoms with Gasteiger partial charge in [-0.3, -0.25) is 14.0 Å². The van der Waals surface area contributed by atoms with Crippen LogP contribution in [0.3, 0.4) is 0 Å². The first-order valence-corrected chi connectivity index (χ1v) is 7.57. The lowest BCUT2D eigenvalue weighted by Crippen LogP contribution is -2.16. The van der Waals surface area contributed by atoms with E-state index in [9.17, 15) is 9.59 Å². The second-order valence-corrected chi connectivity index (χ2v) is 5.59. The maximum Gasteiger partial charge on any atom is 0.258 e. The van der Waals surface area contributed by atoms with Gasteiger partial charge in [-0.15, -0.1) is 0 Å². The molecule has 0 bridgehead atoms. The van der Waals surface area contributed by atoms with E-state index in [1.165, 1.54) is 23.6 Å². The van der Waals surface area contributed by atoms with Crippen molar-refractivity contribution >= 4 is 28.8 Å². The quantitative estimate of drug-likeness (QED) is 0.790. The number of halogens is 1. The zero-order chi connectivity index (χ0) is 17.1. The largest absolute Gasteiger partial charge is 0.487 e. The summed E-state index contributed by atoms with van der Waals surface area (Å²) in [7, 11) is 0. The Morgan fingerprint density at radius 1 is 1.25 bits per heavy atom. The maximum atomic E-state index is 12.1. The van der Waals surface area contributed by atoms with Gasteiger partial charge in [0, 0.05) is 24.9 Å². The van der Waals surface area contributed by atoms with E-state index in [-0.39, 0.29) is 18.1 Å². The van der Waals surface area contributed by atoms with E-state index < -0.39 is 0 Å². The second-order valence-electron chi connectivity index (χ2n) is 5.16. The first-order valence-electron chi connectivity index (χ1n) is 7.19. The molecule has 2 aromatic heterocycles. The highest BCUT2D eigenvalue weighted by Gasteiger charge is 2.04. The third kappa shape index (κ3) is 3.72. The van der Waals surface area contributed by atoms with Crippen LogP contribution in [0.4, 0.5) is 5.69 Å². The van der Waals surface area contributed by atoms with Crippen LogP contribution in [0.2, 0.25) is 5.02 Å². The van der Waals surface area contributed by atoms with Gasteiger partial charge in [0.2, 0.25) is 5.91 Å². The van der Waals surface area contributed by atoms with Crippen LogP contribution >= 0.6 is 11.6 Å². The maximum absolute atomic E-state index is 12.1. The number of hydrogen-bond acceptors (Lipinski definition) is 4. The molecule has 0 aliphatic heterocycles. The first-order chi connectivity index (χ1) is 11.5. The van der Waals surface area contributed by atoms with Crippen molar-refractivity contribution in [3.8, 4) is 5.75 Å². The van der Waals surface area contributed by atoms with Gasteiger partial charge in [-0.1, -0.05) is 11.6 Å². The highest BCUT2D eigenvalue weighted by atomic mass is 35.5. The summed E-state index contributed by atoms with van der Waals surface area (Å²) >= 11 is 5.88. The molecule has 0 spiro atoms. The highest BCUT2D eigenvalue weighted by Crippen LogP contribution is 2.17. The number of ether oxygens (including phenoxy) is 1. The van der Waals surface area contributed by atoms with Gasteiger partial charge in [-0.2, -0.15) is 0 Å². The Kier molecular flexibility index (Phi) is 4.48. The van der Waals surface area contributed by atoms with Gasteiger partial charge >= 0.3 is 0 Å². The highest BCUT2D eigenvalue weighted by molar-refractivity contribution is 6.30. The van der Waals surface area contributed by atoms with Gasteiger partial charge in [-0.05, 0) is 36.4 Å². The number of rotatable bonds is 4. The van der Waals surface area contributed by atoms with Gasteiger partial charge < -0.3 is 10.1 Å². The van der Waals surface area contributed by atoms with E-state index in [0.29, 0.717) is 27.8 Å². The number of pyridine rings is 1. The molecule has 3 aromatic rings. The molecule has 0 unspecified atom stereocenters. The number of fused-ring (bicyclic) bond motifs is 1. The monoisotopic (exact) mass is 343 g/mol. The molecular weight excluding hydrogens is 330 g/mol. The topological polar surface area (TPSA) is 72.7 Å². The molecule has 1 aromatic carbocycles. The molecule has 0 saturated heterocycles. The average molecular weight is 344 g/mol. The van der Waals surface area contributed by atoms with E-state index in [4.69, 9.17) is 16.3 Å². The molecule has 24 heavy (non-hydrogen) atoms. The normalized spacial score (nSPS) is 10.6. The van der Waals surface area contributed by atoms with Crippen molar-refractivity contribution in [3.63, 3.8) is 0 Å². The van der Waals surface area contributed by atoms with Crippen LogP contribution in [-0.4, -0.2) is 15.3 Å². The van der Waals surface area contributed by atoms with Gasteiger partial charge in [0.1, 0.15) is 18.0 Å². The number of nitrogens with zero attached hydrogens (tertiary/aromatic N) is 2. The minimum atomic E-state index is -0.220. The molecule has 6 nitrogen and oxygen atoms in total. The molecule has 7 heteroatoms. The van der Waals surface area contributed by atoms with Crippen molar-refractivity contribution in [3.05, 3.63) is 69.7 Å². The van der Waals surface area contributed by atoms with Gasteiger partial charge in [0.15, 0.2) is 0 Å². The molecule has 0 radical (unpaired) electrons. The Morgan fingerprint density at radius 2 is 2.00 bits per heavy atom. The molecule has 3 rings (SSSR count). The number of carbonyl (C=O) groups excluding carboxylic acids is 1. The lowest BCUT2D eigenvalue weighted by atomic mass is 10.3. The second kappa shape index (κ2) is 6.72. The van der Waals surface area contributed by atoms with Crippen LogP contribution in [0, 0.1) is 0 Å². The minimum Gasteiger partial charge on any atom is -0.487 e. The van der Waals surface area contributed by atoms with Crippen LogP contribution in [0.5, 0.6) is 5.75 Å². The summed E-state index contributed by atoms with van der Waals surface area (Å²) in [5, 5.41) is 3.14. The lowest BCUT2D eigenvalue weighted by Gasteiger charge is -2.08. The predicted molar refractivity (Wildman–Crippen MR) is 91.5 cm³/mol. The zero-order valence-corrected chi connectivity index (χ0v) is 13.6. The smallest absolute Gasteiger partial charge is 0.258 e. The van der Waals surface area contributed by atoms with Crippen LogP contribution in [0.15, 0.2) is 53.5 Å². The van der Waals surface area contributed by atoms with Crippen LogP contribution in [0.25, 0.3) is 5.65 Å². The number of aromatic nitrogens is 2. The molecule has 0 aliphatic rings. The third-order valence-electron chi connectivity index (χ3n) is 3.24. The van der Waals surface area contributed by atoms with Gasteiger partial charge in [0.25, 0.3) is 5.56 Å². The molecular formula is C17H14ClN3O3. The number of anilines is 1. The molecule has 2 heterocycles. The molecule has 0 saturated carbocycles. The van der Waals surface area contributed by atoms with Gasteiger partial charge in [0.05, 0.1) is 10.7 Å². The fourth-order valence-corrected chi connectivity index (χ4v) is 2.36. The van der Waals surface area contributed by atoms with Crippen LogP contribution in [-0.2, 0) is 11.4 Å². The number of nitrogens with one attached hydrogen (secondary N) is 1. The number of hydrogen-bond donors (Lipinski definition) is 1.